The van der Waals surface area contributed by atoms with Crippen LogP contribution in [0, 0.1) is 0 Å². The molecule has 0 saturated heterocycles. The fraction of sp³-hybridized carbons (Fsp3) is 0.583. The van der Waals surface area contributed by atoms with Gasteiger partial charge >= 0.3 is 0 Å². The van der Waals surface area contributed by atoms with Crippen molar-refractivity contribution in [2.24, 2.45) is 0 Å². The van der Waals surface area contributed by atoms with Crippen LogP contribution in [0.5, 0.6) is 5.75 Å². The van der Waals surface area contributed by atoms with Crippen molar-refractivity contribution in [3.8, 4) is 5.75 Å². The number of aliphatic hydroxyl groups is 1. The number of hydrogen-bond donors (Lipinski definition) is 1. The lowest BCUT2D eigenvalue weighted by atomic mass is 10.1. The summed E-state index contributed by atoms with van der Waals surface area (Å²) in [7, 11) is -0.00561. The van der Waals surface area contributed by atoms with Gasteiger partial charge in [-0.3, -0.25) is 0 Å². The van der Waals surface area contributed by atoms with Crippen LogP contribution in [0.25, 0.3) is 0 Å². The highest BCUT2D eigenvalue weighted by molar-refractivity contribution is 6.74. The van der Waals surface area contributed by atoms with Crippen LogP contribution in [-0.2, 0) is 15.8 Å². The molecule has 164 valence electrons. The second-order valence-electron chi connectivity index (χ2n) is 8.98. The smallest absolute Gasteiger partial charge is 0.191 e. The van der Waals surface area contributed by atoms with Gasteiger partial charge in [-0.2, -0.15) is 0 Å². The largest absolute Gasteiger partial charge is 0.497 e. The summed E-state index contributed by atoms with van der Waals surface area (Å²) in [6, 6.07) is 7.82. The third-order valence-electron chi connectivity index (χ3n) is 5.40. The zero-order valence-corrected chi connectivity index (χ0v) is 20.3. The Bertz CT molecular complexity index is 629. The molecular weight excluding hydrogens is 380 g/mol. The molecule has 2 atom stereocenters. The first kappa shape index (κ1) is 25.6. The van der Waals surface area contributed by atoms with E-state index < -0.39 is 14.4 Å². The normalized spacial score (nSPS) is 15.2. The summed E-state index contributed by atoms with van der Waals surface area (Å²) in [5.74, 6) is 0.835. The Labute approximate surface area is 178 Å². The Kier molecular flexibility index (Phi) is 10.9. The molecule has 29 heavy (non-hydrogen) atoms. The van der Waals surface area contributed by atoms with Gasteiger partial charge in [0.05, 0.1) is 25.9 Å². The highest BCUT2D eigenvalue weighted by Crippen LogP contribution is 2.36. The van der Waals surface area contributed by atoms with E-state index in [4.69, 9.17) is 13.9 Å². The number of benzene rings is 1. The molecule has 1 aromatic carbocycles. The van der Waals surface area contributed by atoms with Gasteiger partial charge in [0.1, 0.15) is 5.75 Å². The maximum Gasteiger partial charge on any atom is 0.191 e. The van der Waals surface area contributed by atoms with Crippen LogP contribution in [0.15, 0.2) is 48.6 Å². The molecule has 0 aliphatic heterocycles. The molecule has 0 heterocycles. The van der Waals surface area contributed by atoms with Crippen molar-refractivity contribution in [3.63, 3.8) is 0 Å². The summed E-state index contributed by atoms with van der Waals surface area (Å²) in [5.41, 5.74) is 1.09. The van der Waals surface area contributed by atoms with Gasteiger partial charge in [-0.25, -0.2) is 0 Å². The molecule has 0 bridgehead atoms. The number of aliphatic hydroxyl groups excluding tert-OH is 1. The van der Waals surface area contributed by atoms with E-state index in [1.54, 1.807) is 13.2 Å². The van der Waals surface area contributed by atoms with Gasteiger partial charge in [0.2, 0.25) is 0 Å². The van der Waals surface area contributed by atoms with Crippen LogP contribution in [0.2, 0.25) is 18.1 Å². The third-order valence-corrected chi connectivity index (χ3v) is 9.94. The van der Waals surface area contributed by atoms with Gasteiger partial charge in [-0.1, -0.05) is 57.2 Å². The molecule has 0 aliphatic carbocycles. The first-order valence-electron chi connectivity index (χ1n) is 10.4. The highest BCUT2D eigenvalue weighted by Gasteiger charge is 2.36. The Morgan fingerprint density at radius 3 is 2.34 bits per heavy atom. The summed E-state index contributed by atoms with van der Waals surface area (Å²) in [4.78, 5) is 0. The molecule has 0 amide bonds. The minimum atomic E-state index is -1.66. The number of methoxy groups -OCH3 is 1. The van der Waals surface area contributed by atoms with Gasteiger partial charge in [0.25, 0.3) is 0 Å². The van der Waals surface area contributed by atoms with Crippen molar-refractivity contribution < 1.29 is 19.0 Å². The average molecular weight is 421 g/mol. The summed E-state index contributed by atoms with van der Waals surface area (Å²) >= 11 is 0. The summed E-state index contributed by atoms with van der Waals surface area (Å²) < 4.78 is 17.1. The predicted octanol–water partition coefficient (Wildman–Crippen LogP) is 5.88. The Morgan fingerprint density at radius 2 is 1.76 bits per heavy atom. The average Bonchev–Trinajstić information content (AvgIpc) is 2.65. The van der Waals surface area contributed by atoms with Gasteiger partial charge in [-0.05, 0) is 49.2 Å². The Hall–Kier alpha value is -1.40. The van der Waals surface area contributed by atoms with Crippen molar-refractivity contribution in [1.82, 2.24) is 0 Å². The standard InChI is InChI=1S/C24H40O4Si/c1-20(27-19-21-13-15-23(26-5)16-14-21)18-22(25)12-10-8-9-11-17-28-29(6,7)24(2,3)4/h8-10,12-16,20,22,25H,11,17-19H2,1-7H3/b9-8+,12-10+/t20-,22-/m1/s1. The van der Waals surface area contributed by atoms with E-state index in [-0.39, 0.29) is 11.1 Å². The van der Waals surface area contributed by atoms with Gasteiger partial charge < -0.3 is 19.0 Å². The van der Waals surface area contributed by atoms with Gasteiger partial charge in [0.15, 0.2) is 8.32 Å². The predicted molar refractivity (Wildman–Crippen MR) is 124 cm³/mol. The SMILES string of the molecule is COc1ccc(CO[C@H](C)C[C@H](O)/C=C/C=C/CCO[Si](C)(C)C(C)(C)C)cc1. The minimum absolute atomic E-state index is 0.0290. The van der Waals surface area contributed by atoms with Crippen LogP contribution in [0.4, 0.5) is 0 Å². The van der Waals surface area contributed by atoms with Gasteiger partial charge in [-0.15, -0.1) is 0 Å². The molecule has 0 saturated carbocycles. The maximum absolute atomic E-state index is 10.1. The fourth-order valence-electron chi connectivity index (χ4n) is 2.41. The summed E-state index contributed by atoms with van der Waals surface area (Å²) in [6.07, 6.45) is 8.66. The highest BCUT2D eigenvalue weighted by atomic mass is 28.4. The number of ether oxygens (including phenoxy) is 2. The van der Waals surface area contributed by atoms with Crippen LogP contribution < -0.4 is 4.74 Å². The summed E-state index contributed by atoms with van der Waals surface area (Å²) in [5, 5.41) is 10.4. The zero-order valence-electron chi connectivity index (χ0n) is 19.3. The van der Waals surface area contributed by atoms with Crippen molar-refractivity contribution in [1.29, 1.82) is 0 Å². The molecule has 1 rings (SSSR count). The molecule has 0 aromatic heterocycles. The molecule has 0 aliphatic rings. The lowest BCUT2D eigenvalue weighted by Gasteiger charge is -2.36. The van der Waals surface area contributed by atoms with Crippen molar-refractivity contribution in [2.75, 3.05) is 13.7 Å². The topological polar surface area (TPSA) is 47.9 Å². The Morgan fingerprint density at radius 1 is 1.10 bits per heavy atom. The maximum atomic E-state index is 10.1. The van der Waals surface area contributed by atoms with E-state index in [1.165, 1.54) is 0 Å². The first-order valence-corrected chi connectivity index (χ1v) is 13.4. The van der Waals surface area contributed by atoms with Crippen molar-refractivity contribution in [3.05, 3.63) is 54.1 Å². The lowest BCUT2D eigenvalue weighted by molar-refractivity contribution is 0.0246. The molecule has 0 radical (unpaired) electrons. The Balaban J connectivity index is 2.24. The van der Waals surface area contributed by atoms with Crippen LogP contribution >= 0.6 is 0 Å². The molecule has 1 aromatic rings. The van der Waals surface area contributed by atoms with Crippen LogP contribution in [-0.4, -0.2) is 39.3 Å². The summed E-state index contributed by atoms with van der Waals surface area (Å²) in [6.45, 7) is 14.5. The van der Waals surface area contributed by atoms with E-state index in [2.05, 4.69) is 39.9 Å². The van der Waals surface area contributed by atoms with E-state index in [1.807, 2.05) is 43.3 Å². The molecule has 1 N–H and O–H groups in total. The fourth-order valence-corrected chi connectivity index (χ4v) is 3.47. The second-order valence-corrected chi connectivity index (χ2v) is 13.8. The number of hydrogen-bond acceptors (Lipinski definition) is 4. The van der Waals surface area contributed by atoms with Crippen LogP contribution in [0.1, 0.15) is 46.1 Å². The van der Waals surface area contributed by atoms with E-state index in [0.29, 0.717) is 13.0 Å². The molecular formula is C24H40O4Si. The number of rotatable bonds is 12. The van der Waals surface area contributed by atoms with Crippen LogP contribution in [0.3, 0.4) is 0 Å². The first-order chi connectivity index (χ1) is 13.5. The molecule has 0 fully saturated rings. The molecule has 4 nitrogen and oxygen atoms in total. The zero-order chi connectivity index (χ0) is 21.9. The van der Waals surface area contributed by atoms with Gasteiger partial charge in [0, 0.05) is 13.0 Å². The third kappa shape index (κ3) is 10.3. The monoisotopic (exact) mass is 420 g/mol. The molecule has 0 unspecified atom stereocenters. The van der Waals surface area contributed by atoms with Crippen molar-refractivity contribution in [2.45, 2.75) is 77.5 Å². The quantitative estimate of drug-likeness (QED) is 0.261. The number of allylic oxidation sites excluding steroid dienone is 2. The van der Waals surface area contributed by atoms with E-state index >= 15 is 0 Å². The second kappa shape index (κ2) is 12.3. The van der Waals surface area contributed by atoms with E-state index in [9.17, 15) is 5.11 Å². The minimum Gasteiger partial charge on any atom is -0.497 e. The molecule has 5 heteroatoms. The molecule has 0 spiro atoms. The van der Waals surface area contributed by atoms with E-state index in [0.717, 1.165) is 24.3 Å². The lowest BCUT2D eigenvalue weighted by Crippen LogP contribution is -2.40. The van der Waals surface area contributed by atoms with Crippen molar-refractivity contribution >= 4 is 8.32 Å².